The van der Waals surface area contributed by atoms with Gasteiger partial charge in [-0.1, -0.05) is 6.92 Å². The average Bonchev–Trinajstić information content (AvgIpc) is 2.34. The number of hydrogen-bond acceptors (Lipinski definition) is 5. The Morgan fingerprint density at radius 2 is 2.00 bits per heavy atom. The van der Waals surface area contributed by atoms with E-state index in [0.717, 1.165) is 18.2 Å². The smallest absolute Gasteiger partial charge is 0.339 e. The van der Waals surface area contributed by atoms with Gasteiger partial charge in [-0.3, -0.25) is 4.79 Å². The highest BCUT2D eigenvalue weighted by Crippen LogP contribution is 2.23. The van der Waals surface area contributed by atoms with Crippen molar-refractivity contribution in [2.75, 3.05) is 0 Å². The SMILES string of the molecule is CCC(Oc1ccc(S(N)(=O)=O)cc1C(=O)O)C(N)=O. The van der Waals surface area contributed by atoms with E-state index in [2.05, 4.69) is 0 Å². The molecule has 0 spiro atoms. The first-order valence-electron chi connectivity index (χ1n) is 5.53. The zero-order chi connectivity index (χ0) is 15.5. The number of rotatable bonds is 6. The van der Waals surface area contributed by atoms with Gasteiger partial charge < -0.3 is 15.6 Å². The number of amides is 1. The van der Waals surface area contributed by atoms with Crippen molar-refractivity contribution >= 4 is 21.9 Å². The lowest BCUT2D eigenvalue weighted by Crippen LogP contribution is -2.33. The van der Waals surface area contributed by atoms with Gasteiger partial charge in [-0.15, -0.1) is 0 Å². The number of nitrogens with two attached hydrogens (primary N) is 2. The summed E-state index contributed by atoms with van der Waals surface area (Å²) in [7, 11) is -4.04. The highest BCUT2D eigenvalue weighted by Gasteiger charge is 2.21. The molecule has 0 saturated carbocycles. The molecule has 1 aromatic carbocycles. The number of primary sulfonamides is 1. The summed E-state index contributed by atoms with van der Waals surface area (Å²) >= 11 is 0. The first-order chi connectivity index (χ1) is 9.16. The molecule has 1 unspecified atom stereocenters. The predicted octanol–water partition coefficient (Wildman–Crippen LogP) is -0.325. The number of carboxylic acids is 1. The van der Waals surface area contributed by atoms with E-state index in [-0.39, 0.29) is 17.1 Å². The summed E-state index contributed by atoms with van der Waals surface area (Å²) in [4.78, 5) is 21.8. The highest BCUT2D eigenvalue weighted by atomic mass is 32.2. The van der Waals surface area contributed by atoms with Crippen LogP contribution in [0.3, 0.4) is 0 Å². The minimum Gasteiger partial charge on any atom is -0.480 e. The number of sulfonamides is 1. The van der Waals surface area contributed by atoms with Gasteiger partial charge >= 0.3 is 5.97 Å². The van der Waals surface area contributed by atoms with E-state index in [1.807, 2.05) is 0 Å². The van der Waals surface area contributed by atoms with E-state index in [0.29, 0.717) is 0 Å². The van der Waals surface area contributed by atoms with E-state index >= 15 is 0 Å². The van der Waals surface area contributed by atoms with Crippen molar-refractivity contribution in [3.63, 3.8) is 0 Å². The van der Waals surface area contributed by atoms with Gasteiger partial charge in [0.25, 0.3) is 5.91 Å². The molecule has 0 radical (unpaired) electrons. The molecule has 0 bridgehead atoms. The lowest BCUT2D eigenvalue weighted by Gasteiger charge is -2.16. The molecule has 0 aliphatic carbocycles. The van der Waals surface area contributed by atoms with Crippen molar-refractivity contribution in [1.29, 1.82) is 0 Å². The number of carbonyl (C=O) groups excluding carboxylic acids is 1. The Morgan fingerprint density at radius 3 is 2.40 bits per heavy atom. The molecule has 0 heterocycles. The van der Waals surface area contributed by atoms with Crippen LogP contribution in [0.5, 0.6) is 5.75 Å². The van der Waals surface area contributed by atoms with E-state index in [4.69, 9.17) is 20.7 Å². The van der Waals surface area contributed by atoms with Crippen LogP contribution in [0.4, 0.5) is 0 Å². The molecular weight excluding hydrogens is 288 g/mol. The number of primary amides is 1. The highest BCUT2D eigenvalue weighted by molar-refractivity contribution is 7.89. The van der Waals surface area contributed by atoms with E-state index < -0.39 is 33.6 Å². The Labute approximate surface area is 115 Å². The van der Waals surface area contributed by atoms with Crippen molar-refractivity contribution in [2.45, 2.75) is 24.3 Å². The van der Waals surface area contributed by atoms with Gasteiger partial charge in [-0.2, -0.15) is 0 Å². The second kappa shape index (κ2) is 5.88. The summed E-state index contributed by atoms with van der Waals surface area (Å²) in [5.74, 6) is -2.32. The first kappa shape index (κ1) is 15.9. The third-order valence-electron chi connectivity index (χ3n) is 2.47. The Hall–Kier alpha value is -2.13. The summed E-state index contributed by atoms with van der Waals surface area (Å²) in [6, 6.07) is 3.07. The minimum absolute atomic E-state index is 0.157. The molecular formula is C11H14N2O6S. The van der Waals surface area contributed by atoms with Gasteiger partial charge in [-0.25, -0.2) is 18.4 Å². The van der Waals surface area contributed by atoms with Crippen LogP contribution >= 0.6 is 0 Å². The molecule has 1 atom stereocenters. The van der Waals surface area contributed by atoms with Crippen LogP contribution in [0.15, 0.2) is 23.1 Å². The van der Waals surface area contributed by atoms with Crippen LogP contribution in [0.2, 0.25) is 0 Å². The third kappa shape index (κ3) is 3.68. The summed E-state index contributed by atoms with van der Waals surface area (Å²) in [5, 5.41) is 14.0. The third-order valence-corrected chi connectivity index (χ3v) is 3.38. The van der Waals surface area contributed by atoms with E-state index in [9.17, 15) is 18.0 Å². The van der Waals surface area contributed by atoms with Gasteiger partial charge in [0.2, 0.25) is 10.0 Å². The van der Waals surface area contributed by atoms with Crippen LogP contribution in [-0.2, 0) is 14.8 Å². The van der Waals surface area contributed by atoms with Crippen molar-refractivity contribution < 1.29 is 27.9 Å². The van der Waals surface area contributed by atoms with Gasteiger partial charge in [0, 0.05) is 0 Å². The standard InChI is InChI=1S/C11H14N2O6S/c1-2-8(10(12)14)19-9-4-3-6(20(13,17)18)5-7(9)11(15)16/h3-5,8H,2H2,1H3,(H2,12,14)(H,15,16)(H2,13,17,18). The zero-order valence-electron chi connectivity index (χ0n) is 10.6. The lowest BCUT2D eigenvalue weighted by molar-refractivity contribution is -0.124. The molecule has 0 fully saturated rings. The quantitative estimate of drug-likeness (QED) is 0.655. The molecule has 1 aromatic rings. The van der Waals surface area contributed by atoms with E-state index in [1.54, 1.807) is 6.92 Å². The number of benzene rings is 1. The number of hydrogen-bond donors (Lipinski definition) is 3. The Morgan fingerprint density at radius 1 is 1.40 bits per heavy atom. The molecule has 5 N–H and O–H groups in total. The van der Waals surface area contributed by atoms with Crippen LogP contribution in [0.25, 0.3) is 0 Å². The summed E-state index contributed by atoms with van der Waals surface area (Å²) < 4.78 is 27.5. The molecule has 0 aliphatic heterocycles. The summed E-state index contributed by atoms with van der Waals surface area (Å²) in [5.41, 5.74) is 4.67. The number of aromatic carboxylic acids is 1. The lowest BCUT2D eigenvalue weighted by atomic mass is 10.2. The predicted molar refractivity (Wildman–Crippen MR) is 68.7 cm³/mol. The second-order valence-corrected chi connectivity index (χ2v) is 5.49. The van der Waals surface area contributed by atoms with Crippen molar-refractivity contribution in [2.24, 2.45) is 10.9 Å². The van der Waals surface area contributed by atoms with Gasteiger partial charge in [-0.05, 0) is 24.6 Å². The Kier molecular flexibility index (Phi) is 4.69. The topological polar surface area (TPSA) is 150 Å². The maximum absolute atomic E-state index is 11.2. The van der Waals surface area contributed by atoms with Crippen molar-refractivity contribution in [3.8, 4) is 5.75 Å². The van der Waals surface area contributed by atoms with Crippen LogP contribution in [-0.4, -0.2) is 31.5 Å². The average molecular weight is 302 g/mol. The van der Waals surface area contributed by atoms with Crippen LogP contribution < -0.4 is 15.6 Å². The maximum atomic E-state index is 11.2. The van der Waals surface area contributed by atoms with Crippen molar-refractivity contribution in [3.05, 3.63) is 23.8 Å². The Balaban J connectivity index is 3.27. The molecule has 0 saturated heterocycles. The molecule has 20 heavy (non-hydrogen) atoms. The molecule has 0 aromatic heterocycles. The molecule has 8 nitrogen and oxygen atoms in total. The van der Waals surface area contributed by atoms with Crippen LogP contribution in [0.1, 0.15) is 23.7 Å². The van der Waals surface area contributed by atoms with Gasteiger partial charge in [0.15, 0.2) is 6.10 Å². The maximum Gasteiger partial charge on any atom is 0.339 e. The first-order valence-corrected chi connectivity index (χ1v) is 7.07. The van der Waals surface area contributed by atoms with Gasteiger partial charge in [0.05, 0.1) is 4.90 Å². The molecule has 0 aliphatic rings. The summed E-state index contributed by atoms with van der Waals surface area (Å²) in [6.45, 7) is 1.63. The molecule has 9 heteroatoms. The summed E-state index contributed by atoms with van der Waals surface area (Å²) in [6.07, 6.45) is -0.765. The fraction of sp³-hybridized carbons (Fsp3) is 0.273. The second-order valence-electron chi connectivity index (χ2n) is 3.93. The largest absolute Gasteiger partial charge is 0.480 e. The normalized spacial score (nSPS) is 12.7. The molecule has 1 rings (SSSR count). The Bertz CT molecular complexity index is 640. The van der Waals surface area contributed by atoms with Crippen LogP contribution in [0, 0.1) is 0 Å². The molecule has 110 valence electrons. The zero-order valence-corrected chi connectivity index (χ0v) is 11.4. The number of carboxylic acid groups (broad SMARTS) is 1. The van der Waals surface area contributed by atoms with Gasteiger partial charge in [0.1, 0.15) is 11.3 Å². The fourth-order valence-corrected chi connectivity index (χ4v) is 1.99. The monoisotopic (exact) mass is 302 g/mol. The number of carbonyl (C=O) groups is 2. The van der Waals surface area contributed by atoms with Crippen molar-refractivity contribution in [1.82, 2.24) is 0 Å². The fourth-order valence-electron chi connectivity index (χ4n) is 1.45. The van der Waals surface area contributed by atoms with E-state index in [1.165, 1.54) is 0 Å². The molecule has 1 amide bonds. The number of ether oxygens (including phenoxy) is 1. The minimum atomic E-state index is -4.04.